The van der Waals surface area contributed by atoms with Crippen LogP contribution in [0.5, 0.6) is 5.75 Å². The van der Waals surface area contributed by atoms with E-state index in [-0.39, 0.29) is 23.7 Å². The Morgan fingerprint density at radius 3 is 2.40 bits per heavy atom. The van der Waals surface area contributed by atoms with Crippen LogP contribution >= 0.6 is 0 Å². The molecule has 7 heteroatoms. The molecule has 160 valence electrons. The third-order valence-electron chi connectivity index (χ3n) is 5.66. The van der Waals surface area contributed by atoms with Gasteiger partial charge in [-0.25, -0.2) is 4.39 Å². The second-order valence-corrected chi connectivity index (χ2v) is 7.53. The van der Waals surface area contributed by atoms with Crippen molar-refractivity contribution in [1.82, 2.24) is 14.7 Å². The number of carbonyl (C=O) groups excluding carboxylic acids is 2. The van der Waals surface area contributed by atoms with Crippen LogP contribution in [0.15, 0.2) is 48.5 Å². The third kappa shape index (κ3) is 5.16. The SMILES string of the molecule is COc1cccc(C(=O)N2CCN(CC(=O)N(C)C(C)c3ccc(F)cc3)CC2)c1. The Hall–Kier alpha value is -2.93. The number of carbonyl (C=O) groups is 2. The molecule has 1 atom stereocenters. The fraction of sp³-hybridized carbons (Fsp3) is 0.391. The van der Waals surface area contributed by atoms with E-state index >= 15 is 0 Å². The zero-order chi connectivity index (χ0) is 21.7. The minimum atomic E-state index is -0.290. The van der Waals surface area contributed by atoms with Gasteiger partial charge in [0.15, 0.2) is 0 Å². The summed E-state index contributed by atoms with van der Waals surface area (Å²) in [5.41, 5.74) is 1.49. The quantitative estimate of drug-likeness (QED) is 0.731. The zero-order valence-corrected chi connectivity index (χ0v) is 17.7. The van der Waals surface area contributed by atoms with Gasteiger partial charge in [-0.2, -0.15) is 0 Å². The van der Waals surface area contributed by atoms with Gasteiger partial charge >= 0.3 is 0 Å². The van der Waals surface area contributed by atoms with Gasteiger partial charge in [0.25, 0.3) is 5.91 Å². The normalized spacial score (nSPS) is 15.5. The molecule has 1 aliphatic rings. The molecule has 1 saturated heterocycles. The second-order valence-electron chi connectivity index (χ2n) is 7.53. The average Bonchev–Trinajstić information content (AvgIpc) is 2.78. The molecule has 2 aromatic carbocycles. The summed E-state index contributed by atoms with van der Waals surface area (Å²) < 4.78 is 18.3. The molecule has 0 saturated carbocycles. The molecule has 0 radical (unpaired) electrons. The first-order valence-electron chi connectivity index (χ1n) is 10.1. The molecule has 1 unspecified atom stereocenters. The number of hydrogen-bond donors (Lipinski definition) is 0. The summed E-state index contributed by atoms with van der Waals surface area (Å²) in [5, 5.41) is 0. The summed E-state index contributed by atoms with van der Waals surface area (Å²) in [6.07, 6.45) is 0. The van der Waals surface area contributed by atoms with E-state index in [1.165, 1.54) is 12.1 Å². The standard InChI is InChI=1S/C23H28FN3O3/c1-17(18-7-9-20(24)10-8-18)25(2)22(28)16-26-11-13-27(14-12-26)23(29)19-5-4-6-21(15-19)30-3/h4-10,15,17H,11-14,16H2,1-3H3. The number of piperazine rings is 1. The van der Waals surface area contributed by atoms with E-state index in [1.54, 1.807) is 54.3 Å². The Bertz CT molecular complexity index is 880. The molecule has 0 bridgehead atoms. The summed E-state index contributed by atoms with van der Waals surface area (Å²) in [5.74, 6) is 0.339. The van der Waals surface area contributed by atoms with Gasteiger partial charge in [0, 0.05) is 38.8 Å². The molecule has 0 N–H and O–H groups in total. The number of rotatable bonds is 6. The number of methoxy groups -OCH3 is 1. The molecule has 1 fully saturated rings. The maximum Gasteiger partial charge on any atom is 0.254 e. The van der Waals surface area contributed by atoms with Crippen LogP contribution in [0.4, 0.5) is 4.39 Å². The summed E-state index contributed by atoms with van der Waals surface area (Å²) in [4.78, 5) is 31.0. The Morgan fingerprint density at radius 1 is 1.10 bits per heavy atom. The molecular formula is C23H28FN3O3. The zero-order valence-electron chi connectivity index (χ0n) is 17.7. The predicted octanol–water partition coefficient (Wildman–Crippen LogP) is 2.81. The molecule has 6 nitrogen and oxygen atoms in total. The van der Waals surface area contributed by atoms with Crippen molar-refractivity contribution in [3.8, 4) is 5.75 Å². The smallest absolute Gasteiger partial charge is 0.254 e. The van der Waals surface area contributed by atoms with Gasteiger partial charge in [-0.3, -0.25) is 14.5 Å². The third-order valence-corrected chi connectivity index (χ3v) is 5.66. The monoisotopic (exact) mass is 413 g/mol. The molecule has 0 spiro atoms. The van der Waals surface area contributed by atoms with E-state index in [1.807, 2.05) is 13.0 Å². The van der Waals surface area contributed by atoms with Crippen LogP contribution < -0.4 is 4.74 Å². The first kappa shape index (κ1) is 21.8. The molecule has 30 heavy (non-hydrogen) atoms. The Labute approximate surface area is 176 Å². The lowest BCUT2D eigenvalue weighted by molar-refractivity contribution is -0.133. The lowest BCUT2D eigenvalue weighted by Gasteiger charge is -2.35. The highest BCUT2D eigenvalue weighted by molar-refractivity contribution is 5.94. The minimum absolute atomic E-state index is 0.000558. The van der Waals surface area contributed by atoms with Crippen molar-refractivity contribution in [2.24, 2.45) is 0 Å². The highest BCUT2D eigenvalue weighted by Crippen LogP contribution is 2.20. The van der Waals surface area contributed by atoms with Crippen LogP contribution in [-0.4, -0.2) is 73.4 Å². The lowest BCUT2D eigenvalue weighted by Crippen LogP contribution is -2.51. The van der Waals surface area contributed by atoms with Crippen LogP contribution in [0.1, 0.15) is 28.9 Å². The van der Waals surface area contributed by atoms with E-state index in [2.05, 4.69) is 4.90 Å². The molecule has 1 aliphatic heterocycles. The minimum Gasteiger partial charge on any atom is -0.497 e. The van der Waals surface area contributed by atoms with Gasteiger partial charge < -0.3 is 14.5 Å². The molecular weight excluding hydrogens is 385 g/mol. The number of nitrogens with zero attached hydrogens (tertiary/aromatic N) is 3. The van der Waals surface area contributed by atoms with Gasteiger partial charge in [-0.15, -0.1) is 0 Å². The average molecular weight is 413 g/mol. The Kier molecular flexibility index (Phi) is 7.05. The topological polar surface area (TPSA) is 53.1 Å². The molecule has 2 aromatic rings. The summed E-state index contributed by atoms with van der Waals surface area (Å²) in [7, 11) is 3.34. The van der Waals surface area contributed by atoms with Crippen molar-refractivity contribution >= 4 is 11.8 Å². The molecule has 1 heterocycles. The number of halogens is 1. The largest absolute Gasteiger partial charge is 0.497 e. The van der Waals surface area contributed by atoms with E-state index in [4.69, 9.17) is 4.74 Å². The second kappa shape index (κ2) is 9.71. The number of likely N-dealkylation sites (N-methyl/N-ethyl adjacent to an activating group) is 1. The Balaban J connectivity index is 1.51. The van der Waals surface area contributed by atoms with Gasteiger partial charge in [-0.05, 0) is 42.8 Å². The molecule has 0 aliphatic carbocycles. The van der Waals surface area contributed by atoms with Gasteiger partial charge in [0.2, 0.25) is 5.91 Å². The van der Waals surface area contributed by atoms with E-state index < -0.39 is 0 Å². The number of hydrogen-bond acceptors (Lipinski definition) is 4. The van der Waals surface area contributed by atoms with Crippen LogP contribution in [0.2, 0.25) is 0 Å². The summed E-state index contributed by atoms with van der Waals surface area (Å²) in [6, 6.07) is 13.2. The van der Waals surface area contributed by atoms with Crippen LogP contribution in [0.3, 0.4) is 0 Å². The molecule has 3 rings (SSSR count). The van der Waals surface area contributed by atoms with Crippen LogP contribution in [0, 0.1) is 5.82 Å². The first-order chi connectivity index (χ1) is 14.4. The van der Waals surface area contributed by atoms with E-state index in [0.717, 1.165) is 5.56 Å². The number of benzene rings is 2. The van der Waals surface area contributed by atoms with E-state index in [9.17, 15) is 14.0 Å². The van der Waals surface area contributed by atoms with Crippen molar-refractivity contribution in [3.63, 3.8) is 0 Å². The number of amides is 2. The van der Waals surface area contributed by atoms with Crippen LogP contribution in [-0.2, 0) is 4.79 Å². The fourth-order valence-corrected chi connectivity index (χ4v) is 3.53. The van der Waals surface area contributed by atoms with Gasteiger partial charge in [-0.1, -0.05) is 18.2 Å². The molecule has 2 amide bonds. The van der Waals surface area contributed by atoms with Gasteiger partial charge in [0.1, 0.15) is 11.6 Å². The Morgan fingerprint density at radius 2 is 1.77 bits per heavy atom. The van der Waals surface area contributed by atoms with Crippen molar-refractivity contribution in [2.75, 3.05) is 46.9 Å². The van der Waals surface area contributed by atoms with E-state index in [0.29, 0.717) is 44.0 Å². The summed E-state index contributed by atoms with van der Waals surface area (Å²) >= 11 is 0. The summed E-state index contributed by atoms with van der Waals surface area (Å²) in [6.45, 7) is 4.64. The van der Waals surface area contributed by atoms with Crippen molar-refractivity contribution in [2.45, 2.75) is 13.0 Å². The number of ether oxygens (including phenoxy) is 1. The highest BCUT2D eigenvalue weighted by atomic mass is 19.1. The maximum atomic E-state index is 13.1. The molecule has 0 aromatic heterocycles. The first-order valence-corrected chi connectivity index (χ1v) is 10.1. The van der Waals surface area contributed by atoms with Crippen molar-refractivity contribution in [3.05, 3.63) is 65.5 Å². The van der Waals surface area contributed by atoms with Gasteiger partial charge in [0.05, 0.1) is 19.7 Å². The van der Waals surface area contributed by atoms with Crippen LogP contribution in [0.25, 0.3) is 0 Å². The lowest BCUT2D eigenvalue weighted by atomic mass is 10.1. The maximum absolute atomic E-state index is 13.1. The van der Waals surface area contributed by atoms with Crippen molar-refractivity contribution < 1.29 is 18.7 Å². The highest BCUT2D eigenvalue weighted by Gasteiger charge is 2.25. The fourth-order valence-electron chi connectivity index (χ4n) is 3.53. The van der Waals surface area contributed by atoms with Crippen molar-refractivity contribution in [1.29, 1.82) is 0 Å². The predicted molar refractivity (Wildman–Crippen MR) is 113 cm³/mol.